The first-order valence-corrected chi connectivity index (χ1v) is 12.7. The topological polar surface area (TPSA) is 95.6 Å². The van der Waals surface area contributed by atoms with Gasteiger partial charge < -0.3 is 10.6 Å². The van der Waals surface area contributed by atoms with Crippen molar-refractivity contribution in [3.8, 4) is 0 Å². The smallest absolute Gasteiger partial charge is 0.264 e. The van der Waals surface area contributed by atoms with Gasteiger partial charge in [-0.05, 0) is 76.2 Å². The summed E-state index contributed by atoms with van der Waals surface area (Å²) >= 11 is 5.99. The zero-order valence-electron chi connectivity index (χ0n) is 20.0. The summed E-state index contributed by atoms with van der Waals surface area (Å²) < 4.78 is 28.0. The van der Waals surface area contributed by atoms with E-state index in [0.717, 1.165) is 9.87 Å². The van der Waals surface area contributed by atoms with Crippen LogP contribution in [0.1, 0.15) is 36.7 Å². The molecule has 184 valence electrons. The molecular formula is C26H28ClN3O4S. The van der Waals surface area contributed by atoms with Crippen molar-refractivity contribution in [2.24, 2.45) is 0 Å². The lowest BCUT2D eigenvalue weighted by atomic mass is 10.1. The minimum atomic E-state index is -4.07. The van der Waals surface area contributed by atoms with Gasteiger partial charge in [0.2, 0.25) is 5.91 Å². The predicted molar refractivity (Wildman–Crippen MR) is 139 cm³/mol. The highest BCUT2D eigenvalue weighted by Gasteiger charge is 2.28. The van der Waals surface area contributed by atoms with Gasteiger partial charge in [0, 0.05) is 10.6 Å². The number of hydrogen-bond acceptors (Lipinski definition) is 4. The molecule has 0 atom stereocenters. The van der Waals surface area contributed by atoms with E-state index in [1.54, 1.807) is 48.5 Å². The number of aryl methyl sites for hydroxylation is 1. The third kappa shape index (κ3) is 6.83. The Balaban J connectivity index is 1.92. The highest BCUT2D eigenvalue weighted by molar-refractivity contribution is 7.92. The van der Waals surface area contributed by atoms with E-state index in [1.807, 2.05) is 27.7 Å². The number of carbonyl (C=O) groups excluding carboxylic acids is 2. The summed E-state index contributed by atoms with van der Waals surface area (Å²) in [5.41, 5.74) is 1.27. The molecule has 3 aromatic carbocycles. The fourth-order valence-electron chi connectivity index (χ4n) is 3.28. The van der Waals surface area contributed by atoms with E-state index in [1.165, 1.54) is 24.3 Å². The number of rotatable bonds is 7. The number of hydrogen-bond donors (Lipinski definition) is 2. The van der Waals surface area contributed by atoms with Crippen LogP contribution in [0.2, 0.25) is 5.02 Å². The van der Waals surface area contributed by atoms with Crippen molar-refractivity contribution in [1.82, 2.24) is 5.32 Å². The number of carbonyl (C=O) groups is 2. The van der Waals surface area contributed by atoms with Gasteiger partial charge in [0.25, 0.3) is 15.9 Å². The van der Waals surface area contributed by atoms with Crippen LogP contribution in [-0.2, 0) is 14.8 Å². The van der Waals surface area contributed by atoms with Crippen LogP contribution in [0.25, 0.3) is 0 Å². The summed E-state index contributed by atoms with van der Waals surface area (Å²) in [5.74, 6) is -0.957. The van der Waals surface area contributed by atoms with Crippen molar-refractivity contribution < 1.29 is 18.0 Å². The molecule has 0 saturated heterocycles. The lowest BCUT2D eigenvalue weighted by Crippen LogP contribution is -2.41. The maximum atomic E-state index is 13.5. The molecule has 0 radical (unpaired) electrons. The first-order chi connectivity index (χ1) is 16.4. The molecule has 35 heavy (non-hydrogen) atoms. The maximum absolute atomic E-state index is 13.5. The lowest BCUT2D eigenvalue weighted by Gasteiger charge is -2.25. The molecular weight excluding hydrogens is 486 g/mol. The average molecular weight is 514 g/mol. The van der Waals surface area contributed by atoms with Crippen molar-refractivity contribution in [3.05, 3.63) is 88.9 Å². The van der Waals surface area contributed by atoms with Gasteiger partial charge >= 0.3 is 0 Å². The Morgan fingerprint density at radius 2 is 1.51 bits per heavy atom. The second-order valence-corrected chi connectivity index (χ2v) is 11.4. The number of benzene rings is 3. The molecule has 0 unspecified atom stereocenters. The fraction of sp³-hybridized carbons (Fsp3) is 0.231. The number of nitrogens with one attached hydrogen (secondary N) is 2. The van der Waals surface area contributed by atoms with Crippen LogP contribution in [0.15, 0.2) is 77.7 Å². The van der Waals surface area contributed by atoms with Gasteiger partial charge in [0.1, 0.15) is 6.54 Å². The SMILES string of the molecule is Cc1ccc(S(=O)(=O)N(CC(=O)Nc2ccccc2C(=O)NC(C)(C)C)c2ccc(Cl)cc2)cc1. The fourth-order valence-corrected chi connectivity index (χ4v) is 4.83. The molecule has 0 spiro atoms. The molecule has 0 bridgehead atoms. The minimum Gasteiger partial charge on any atom is -0.347 e. The standard InChI is InChI=1S/C26H28ClN3O4S/c1-18-9-15-21(16-10-18)35(33,34)30(20-13-11-19(27)12-14-20)17-24(31)28-23-8-6-5-7-22(23)25(32)29-26(2,3)4/h5-16H,17H2,1-4H3,(H,28,31)(H,29,32). The predicted octanol–water partition coefficient (Wildman–Crippen LogP) is 5.01. The summed E-state index contributed by atoms with van der Waals surface area (Å²) in [6.07, 6.45) is 0. The molecule has 0 aliphatic carbocycles. The molecule has 3 rings (SSSR count). The van der Waals surface area contributed by atoms with Crippen LogP contribution in [-0.4, -0.2) is 32.3 Å². The molecule has 3 aromatic rings. The van der Waals surface area contributed by atoms with Crippen molar-refractivity contribution in [3.63, 3.8) is 0 Å². The van der Waals surface area contributed by atoms with Gasteiger partial charge in [0.15, 0.2) is 0 Å². The molecule has 0 fully saturated rings. The van der Waals surface area contributed by atoms with Gasteiger partial charge in [-0.3, -0.25) is 13.9 Å². The maximum Gasteiger partial charge on any atom is 0.264 e. The van der Waals surface area contributed by atoms with E-state index in [2.05, 4.69) is 10.6 Å². The molecule has 7 nitrogen and oxygen atoms in total. The number of amides is 2. The third-order valence-corrected chi connectivity index (χ3v) is 6.99. The highest BCUT2D eigenvalue weighted by Crippen LogP contribution is 2.26. The summed E-state index contributed by atoms with van der Waals surface area (Å²) in [5, 5.41) is 5.99. The van der Waals surface area contributed by atoms with Crippen molar-refractivity contribution in [2.45, 2.75) is 38.1 Å². The van der Waals surface area contributed by atoms with Gasteiger partial charge in [0.05, 0.1) is 21.8 Å². The zero-order chi connectivity index (χ0) is 25.8. The first-order valence-electron chi connectivity index (χ1n) is 10.9. The number of sulfonamides is 1. The first kappa shape index (κ1) is 26.2. The normalized spacial score (nSPS) is 11.6. The second kappa shape index (κ2) is 10.5. The molecule has 0 saturated carbocycles. The van der Waals surface area contributed by atoms with E-state index in [0.29, 0.717) is 5.02 Å². The minimum absolute atomic E-state index is 0.0517. The third-order valence-electron chi connectivity index (χ3n) is 4.95. The van der Waals surface area contributed by atoms with Gasteiger partial charge in [-0.2, -0.15) is 0 Å². The Kier molecular flexibility index (Phi) is 7.87. The zero-order valence-corrected chi connectivity index (χ0v) is 21.6. The Labute approximate surface area is 211 Å². The molecule has 0 heterocycles. The Morgan fingerprint density at radius 1 is 0.914 bits per heavy atom. The lowest BCUT2D eigenvalue weighted by molar-refractivity contribution is -0.114. The average Bonchev–Trinajstić information content (AvgIpc) is 2.77. The number of halogens is 1. The quantitative estimate of drug-likeness (QED) is 0.464. The van der Waals surface area contributed by atoms with Crippen molar-refractivity contribution in [2.75, 3.05) is 16.2 Å². The van der Waals surface area contributed by atoms with Gasteiger partial charge in [-0.25, -0.2) is 8.42 Å². The Morgan fingerprint density at radius 3 is 2.11 bits per heavy atom. The number of anilines is 2. The van der Waals surface area contributed by atoms with Crippen LogP contribution in [0.5, 0.6) is 0 Å². The highest BCUT2D eigenvalue weighted by atomic mass is 35.5. The van der Waals surface area contributed by atoms with E-state index >= 15 is 0 Å². The summed E-state index contributed by atoms with van der Waals surface area (Å²) in [4.78, 5) is 25.9. The van der Waals surface area contributed by atoms with E-state index in [4.69, 9.17) is 11.6 Å². The Hall–Kier alpha value is -3.36. The van der Waals surface area contributed by atoms with Crippen LogP contribution in [0, 0.1) is 6.92 Å². The van der Waals surface area contributed by atoms with E-state index in [-0.39, 0.29) is 27.7 Å². The summed E-state index contributed by atoms with van der Waals surface area (Å²) in [6.45, 7) is 6.91. The van der Waals surface area contributed by atoms with E-state index < -0.39 is 28.0 Å². The molecule has 0 aliphatic rings. The molecule has 9 heteroatoms. The molecule has 2 amide bonds. The molecule has 0 aliphatic heterocycles. The number of para-hydroxylation sites is 1. The van der Waals surface area contributed by atoms with Crippen LogP contribution in [0.3, 0.4) is 0 Å². The van der Waals surface area contributed by atoms with Gasteiger partial charge in [-0.15, -0.1) is 0 Å². The van der Waals surface area contributed by atoms with Crippen molar-refractivity contribution >= 4 is 44.8 Å². The summed E-state index contributed by atoms with van der Waals surface area (Å²) in [6, 6.07) is 19.1. The van der Waals surface area contributed by atoms with Crippen LogP contribution < -0.4 is 14.9 Å². The summed E-state index contributed by atoms with van der Waals surface area (Å²) in [7, 11) is -4.07. The second-order valence-electron chi connectivity index (χ2n) is 9.10. The molecule has 2 N–H and O–H groups in total. The Bertz CT molecular complexity index is 1320. The number of nitrogens with zero attached hydrogens (tertiary/aromatic N) is 1. The largest absolute Gasteiger partial charge is 0.347 e. The van der Waals surface area contributed by atoms with Crippen molar-refractivity contribution in [1.29, 1.82) is 0 Å². The van der Waals surface area contributed by atoms with E-state index in [9.17, 15) is 18.0 Å². The van der Waals surface area contributed by atoms with Gasteiger partial charge in [-0.1, -0.05) is 41.4 Å². The van der Waals surface area contributed by atoms with Crippen LogP contribution in [0.4, 0.5) is 11.4 Å². The van der Waals surface area contributed by atoms with Crippen LogP contribution >= 0.6 is 11.6 Å². The molecule has 0 aromatic heterocycles. The monoisotopic (exact) mass is 513 g/mol.